The average Bonchev–Trinajstić information content (AvgIpc) is 2.78. The fourth-order valence-corrected chi connectivity index (χ4v) is 3.80. The molecule has 4 nitrogen and oxygen atoms in total. The molecule has 1 aromatic carbocycles. The first-order valence-electron chi connectivity index (χ1n) is 8.40. The van der Waals surface area contributed by atoms with E-state index in [1.807, 2.05) is 6.07 Å². The van der Waals surface area contributed by atoms with Crippen LogP contribution >= 0.6 is 0 Å². The number of benzene rings is 1. The second-order valence-electron chi connectivity index (χ2n) is 7.28. The third-order valence-corrected chi connectivity index (χ3v) is 5.69. The molecule has 0 bridgehead atoms. The first kappa shape index (κ1) is 15.5. The largest absolute Gasteiger partial charge is 0.497 e. The smallest absolute Gasteiger partial charge is 0.205 e. The maximum Gasteiger partial charge on any atom is 0.205 e. The van der Waals surface area contributed by atoms with Crippen molar-refractivity contribution >= 4 is 17.2 Å². The monoisotopic (exact) mass is 303 g/mol. The van der Waals surface area contributed by atoms with Gasteiger partial charge in [-0.25, -0.2) is 4.48 Å². The van der Waals surface area contributed by atoms with Crippen molar-refractivity contribution in [2.24, 2.45) is 4.99 Å². The Labute approximate surface area is 134 Å². The van der Waals surface area contributed by atoms with E-state index in [0.29, 0.717) is 0 Å². The molecule has 1 aromatic rings. The summed E-state index contributed by atoms with van der Waals surface area (Å²) < 4.78 is 7.45. The lowest BCUT2D eigenvalue weighted by atomic mass is 10.1. The Balaban J connectivity index is 1.82. The van der Waals surface area contributed by atoms with E-state index in [9.17, 15) is 0 Å². The summed E-state index contributed by atoms with van der Waals surface area (Å²) in [5.41, 5.74) is 2.38. The van der Waals surface area contributed by atoms with Gasteiger partial charge >= 0.3 is 0 Å². The number of rotatable bonds is 4. The van der Waals surface area contributed by atoms with Crippen LogP contribution in [-0.4, -0.2) is 57.7 Å². The van der Waals surface area contributed by atoms with Crippen LogP contribution in [0.2, 0.25) is 0 Å². The number of likely N-dealkylation sites (tertiary alicyclic amines) is 1. The molecule has 0 radical (unpaired) electrons. The van der Waals surface area contributed by atoms with E-state index < -0.39 is 0 Å². The van der Waals surface area contributed by atoms with Gasteiger partial charge in [0, 0.05) is 13.0 Å². The fourth-order valence-electron chi connectivity index (χ4n) is 3.80. The minimum Gasteiger partial charge on any atom is -0.497 e. The molecule has 22 heavy (non-hydrogen) atoms. The molecule has 1 unspecified atom stereocenters. The summed E-state index contributed by atoms with van der Waals surface area (Å²) in [6.07, 6.45) is 4.15. The third-order valence-electron chi connectivity index (χ3n) is 5.69. The summed E-state index contributed by atoms with van der Waals surface area (Å²) in [5, 5.41) is 0. The van der Waals surface area contributed by atoms with Crippen molar-refractivity contribution in [2.45, 2.75) is 26.2 Å². The highest BCUT2D eigenvalue weighted by Gasteiger charge is 2.40. The van der Waals surface area contributed by atoms with Crippen molar-refractivity contribution in [3.8, 4) is 5.75 Å². The third kappa shape index (κ3) is 2.66. The number of amidine groups is 1. The lowest BCUT2D eigenvalue weighted by Crippen LogP contribution is -2.57. The highest BCUT2D eigenvalue weighted by atomic mass is 16.5. The molecular formula is C18H29N3O+2. The molecule has 2 aliphatic heterocycles. The lowest BCUT2D eigenvalue weighted by Gasteiger charge is -2.40. The molecular weight excluding hydrogens is 274 g/mol. The van der Waals surface area contributed by atoms with Crippen molar-refractivity contribution in [3.05, 3.63) is 18.2 Å². The minimum absolute atomic E-state index is 0.820. The summed E-state index contributed by atoms with van der Waals surface area (Å²) in [6, 6.07) is 6.24. The molecule has 0 spiro atoms. The molecule has 3 rings (SSSR count). The van der Waals surface area contributed by atoms with Crippen LogP contribution in [0.5, 0.6) is 5.75 Å². The van der Waals surface area contributed by atoms with Gasteiger partial charge in [0.05, 0.1) is 34.3 Å². The van der Waals surface area contributed by atoms with Crippen molar-refractivity contribution in [1.82, 2.24) is 4.48 Å². The van der Waals surface area contributed by atoms with Gasteiger partial charge in [-0.1, -0.05) is 0 Å². The molecule has 1 atom stereocenters. The molecule has 0 N–H and O–H groups in total. The van der Waals surface area contributed by atoms with Gasteiger partial charge in [-0.2, -0.15) is 4.99 Å². The zero-order valence-electron chi connectivity index (χ0n) is 14.4. The van der Waals surface area contributed by atoms with Gasteiger partial charge in [-0.15, -0.1) is 0 Å². The highest BCUT2D eigenvalue weighted by molar-refractivity contribution is 6.00. The fraction of sp³-hybridized carbons (Fsp3) is 0.611. The predicted octanol–water partition coefficient (Wildman–Crippen LogP) is 3.33. The zero-order chi connectivity index (χ0) is 15.8. The molecule has 4 heteroatoms. The van der Waals surface area contributed by atoms with Crippen molar-refractivity contribution in [2.75, 3.05) is 47.4 Å². The van der Waals surface area contributed by atoms with Gasteiger partial charge in [0.25, 0.3) is 0 Å². The van der Waals surface area contributed by atoms with Crippen molar-refractivity contribution in [1.29, 1.82) is 0 Å². The van der Waals surface area contributed by atoms with Gasteiger partial charge in [-0.3, -0.25) is 0 Å². The average molecular weight is 303 g/mol. The number of nitrogens with zero attached hydrogens (tertiary/aromatic N) is 3. The predicted molar refractivity (Wildman–Crippen MR) is 93.0 cm³/mol. The molecule has 2 aliphatic rings. The number of fused-ring (bicyclic) bond motifs is 1. The molecule has 120 valence electrons. The number of hydrogen-bond donors (Lipinski definition) is 0. The Morgan fingerprint density at radius 3 is 2.50 bits per heavy atom. The number of piperidine rings is 1. The van der Waals surface area contributed by atoms with Gasteiger partial charge < -0.3 is 9.22 Å². The van der Waals surface area contributed by atoms with Crippen LogP contribution in [0.15, 0.2) is 23.2 Å². The maximum atomic E-state index is 5.42. The quantitative estimate of drug-likeness (QED) is 0.782. The zero-order valence-corrected chi connectivity index (χ0v) is 14.4. The van der Waals surface area contributed by atoms with E-state index in [4.69, 9.17) is 9.73 Å². The lowest BCUT2D eigenvalue weighted by molar-refractivity contribution is -0.913. The topological polar surface area (TPSA) is 21.6 Å². The van der Waals surface area contributed by atoms with Crippen LogP contribution < -0.4 is 9.22 Å². The van der Waals surface area contributed by atoms with E-state index in [2.05, 4.69) is 33.2 Å². The molecule has 0 aromatic heterocycles. The summed E-state index contributed by atoms with van der Waals surface area (Å²) in [5.74, 6) is 2.11. The van der Waals surface area contributed by atoms with Crippen LogP contribution in [0.3, 0.4) is 0 Å². The van der Waals surface area contributed by atoms with E-state index in [0.717, 1.165) is 22.5 Å². The second-order valence-corrected chi connectivity index (χ2v) is 7.28. The van der Waals surface area contributed by atoms with Crippen LogP contribution in [-0.2, 0) is 0 Å². The number of ether oxygens (including phenoxy) is 1. The molecule has 0 amide bonds. The normalized spacial score (nSPS) is 26.5. The highest BCUT2D eigenvalue weighted by Crippen LogP contribution is 2.41. The SMILES string of the molecule is COc1ccc2c(c1)[N+](C)(CC[N+]1(C)CCCCC1)C(C)=N2. The first-order chi connectivity index (χ1) is 10.5. The Bertz CT molecular complexity index is 590. The van der Waals surface area contributed by atoms with Crippen LogP contribution in [0.4, 0.5) is 11.4 Å². The Kier molecular flexibility index (Phi) is 4.00. The minimum atomic E-state index is 0.820. The molecule has 1 saturated heterocycles. The number of likely N-dealkylation sites (N-methyl/N-ethyl adjacent to an activating group) is 2. The summed E-state index contributed by atoms with van der Waals surface area (Å²) in [7, 11) is 6.44. The second kappa shape index (κ2) is 5.67. The van der Waals surface area contributed by atoms with Crippen LogP contribution in [0.25, 0.3) is 0 Å². The standard InChI is InChI=1S/C18H29N3O/c1-15-19-17-9-8-16(22-4)14-18(17)21(15,3)13-12-20(2)10-6-5-7-11-20/h8-9,14H,5-7,10-13H2,1-4H3/q+2. The van der Waals surface area contributed by atoms with E-state index in [1.54, 1.807) is 7.11 Å². The van der Waals surface area contributed by atoms with Crippen molar-refractivity contribution in [3.63, 3.8) is 0 Å². The summed E-state index contributed by atoms with van der Waals surface area (Å²) in [4.78, 5) is 4.79. The van der Waals surface area contributed by atoms with Gasteiger partial charge in [0.1, 0.15) is 24.5 Å². The number of hydrogen-bond acceptors (Lipinski definition) is 2. The number of quaternary nitrogens is 2. The van der Waals surface area contributed by atoms with Gasteiger partial charge in [0.15, 0.2) is 5.69 Å². The molecule has 1 fully saturated rings. The molecule has 0 aliphatic carbocycles. The Morgan fingerprint density at radius 1 is 1.09 bits per heavy atom. The summed E-state index contributed by atoms with van der Waals surface area (Å²) >= 11 is 0. The van der Waals surface area contributed by atoms with E-state index >= 15 is 0 Å². The number of methoxy groups -OCH3 is 1. The van der Waals surface area contributed by atoms with E-state index in [-0.39, 0.29) is 0 Å². The van der Waals surface area contributed by atoms with Crippen LogP contribution in [0.1, 0.15) is 26.2 Å². The first-order valence-corrected chi connectivity index (χ1v) is 8.40. The maximum absolute atomic E-state index is 5.42. The van der Waals surface area contributed by atoms with Crippen molar-refractivity contribution < 1.29 is 9.22 Å². The number of aliphatic imine (C=N–C) groups is 1. The van der Waals surface area contributed by atoms with Gasteiger partial charge in [-0.05, 0) is 31.4 Å². The van der Waals surface area contributed by atoms with Crippen LogP contribution in [0, 0.1) is 0 Å². The van der Waals surface area contributed by atoms with Gasteiger partial charge in [0.2, 0.25) is 5.84 Å². The summed E-state index contributed by atoms with van der Waals surface area (Å²) in [6.45, 7) is 7.11. The molecule has 0 saturated carbocycles. The van der Waals surface area contributed by atoms with E-state index in [1.165, 1.54) is 54.9 Å². The Hall–Kier alpha value is -1.39. The Morgan fingerprint density at radius 2 is 1.82 bits per heavy atom. The molecule has 2 heterocycles.